The second-order valence-corrected chi connectivity index (χ2v) is 6.79. The summed E-state index contributed by atoms with van der Waals surface area (Å²) in [5, 5.41) is 0. The van der Waals surface area contributed by atoms with Crippen LogP contribution >= 0.6 is 0 Å². The Bertz CT molecular complexity index is 792. The number of carbonyl (C=O) groups excluding carboxylic acids is 1. The molecule has 0 saturated carbocycles. The van der Waals surface area contributed by atoms with E-state index >= 15 is 0 Å². The maximum Gasteiger partial charge on any atom is 0.438 e. The molecule has 0 aliphatic carbocycles. The minimum Gasteiger partial charge on any atom is -0.435 e. The van der Waals surface area contributed by atoms with Gasteiger partial charge in [-0.05, 0) is 11.6 Å². The first-order valence-electron chi connectivity index (χ1n) is 6.92. The molecule has 0 saturated heterocycles. The van der Waals surface area contributed by atoms with Gasteiger partial charge in [-0.3, -0.25) is 4.55 Å². The molecular weight excluding hydrogens is 404 g/mol. The highest BCUT2D eigenvalue weighted by atomic mass is 32.2. The van der Waals surface area contributed by atoms with E-state index in [1.165, 1.54) is 6.07 Å². The molecule has 5 nitrogen and oxygen atoms in total. The average molecular weight is 414 g/mol. The predicted octanol–water partition coefficient (Wildman–Crippen LogP) is 1.93. The normalized spacial score (nSPS) is 13.4. The summed E-state index contributed by atoms with van der Waals surface area (Å²) in [6.45, 7) is 0. The number of hydrogen-bond donors (Lipinski definition) is 1. The third-order valence-electron chi connectivity index (χ3n) is 3.42. The molecule has 0 fully saturated rings. The van der Waals surface area contributed by atoms with Crippen LogP contribution in [0.3, 0.4) is 0 Å². The maximum atomic E-state index is 13.2. The number of esters is 1. The van der Waals surface area contributed by atoms with Crippen molar-refractivity contribution in [2.75, 3.05) is 5.75 Å². The minimum absolute atomic E-state index is 0.165. The van der Waals surface area contributed by atoms with Gasteiger partial charge in [-0.2, -0.15) is 34.8 Å². The molecular formula is C13H10B2F6O5S. The van der Waals surface area contributed by atoms with E-state index in [-0.39, 0.29) is 17.4 Å². The van der Waals surface area contributed by atoms with E-state index in [4.69, 9.17) is 20.2 Å². The van der Waals surface area contributed by atoms with Crippen LogP contribution < -0.4 is 0 Å². The summed E-state index contributed by atoms with van der Waals surface area (Å²) in [6, 6.07) is 3.35. The monoisotopic (exact) mass is 414 g/mol. The lowest BCUT2D eigenvalue weighted by Gasteiger charge is -2.35. The molecule has 0 aliphatic heterocycles. The van der Waals surface area contributed by atoms with Crippen molar-refractivity contribution in [2.24, 2.45) is 0 Å². The highest BCUT2D eigenvalue weighted by molar-refractivity contribution is 7.85. The predicted molar refractivity (Wildman–Crippen MR) is 82.0 cm³/mol. The van der Waals surface area contributed by atoms with Gasteiger partial charge in [-0.1, -0.05) is 30.3 Å². The molecule has 1 rings (SSSR count). The standard InChI is InChI=1S/C13H10B2F6O5S/c14-4-7-1-2-8(5-15)9(3-7)10(22)26-11(12(16,17)18,13(19,20)21)6-27(23,24)25/h1-3H,4-6H2,(H,23,24,25). The number of halogens is 6. The van der Waals surface area contributed by atoms with Crippen molar-refractivity contribution in [3.63, 3.8) is 0 Å². The number of alkyl halides is 6. The first-order valence-corrected chi connectivity index (χ1v) is 8.53. The van der Waals surface area contributed by atoms with E-state index in [0.29, 0.717) is 0 Å². The molecule has 1 aromatic carbocycles. The lowest BCUT2D eigenvalue weighted by Crippen LogP contribution is -2.63. The summed E-state index contributed by atoms with van der Waals surface area (Å²) in [5.41, 5.74) is -6.25. The molecule has 4 radical (unpaired) electrons. The molecule has 1 aromatic rings. The van der Waals surface area contributed by atoms with Crippen LogP contribution in [-0.2, 0) is 27.5 Å². The highest BCUT2D eigenvalue weighted by Gasteiger charge is 2.76. The second kappa shape index (κ2) is 7.74. The van der Waals surface area contributed by atoms with E-state index < -0.39 is 51.7 Å². The summed E-state index contributed by atoms with van der Waals surface area (Å²) in [5.74, 6) is -5.10. The van der Waals surface area contributed by atoms with Crippen molar-refractivity contribution < 1.29 is 48.8 Å². The number of hydrogen-bond acceptors (Lipinski definition) is 4. The molecule has 0 unspecified atom stereocenters. The van der Waals surface area contributed by atoms with Crippen molar-refractivity contribution in [2.45, 2.75) is 30.6 Å². The van der Waals surface area contributed by atoms with Gasteiger partial charge in [0.1, 0.15) is 5.75 Å². The molecule has 0 heterocycles. The Kier molecular flexibility index (Phi) is 6.69. The first-order chi connectivity index (χ1) is 12.1. The molecule has 14 heteroatoms. The maximum absolute atomic E-state index is 13.2. The van der Waals surface area contributed by atoms with Gasteiger partial charge in [0.25, 0.3) is 10.1 Å². The largest absolute Gasteiger partial charge is 0.438 e. The Morgan fingerprint density at radius 1 is 1.04 bits per heavy atom. The zero-order valence-electron chi connectivity index (χ0n) is 13.3. The van der Waals surface area contributed by atoms with Crippen LogP contribution in [0.1, 0.15) is 21.5 Å². The lowest BCUT2D eigenvalue weighted by atomic mass is 9.88. The molecule has 1 N–H and O–H groups in total. The summed E-state index contributed by atoms with van der Waals surface area (Å²) in [6.07, 6.45) is -13.5. The van der Waals surface area contributed by atoms with Crippen molar-refractivity contribution in [1.82, 2.24) is 0 Å². The molecule has 0 spiro atoms. The lowest BCUT2D eigenvalue weighted by molar-refractivity contribution is -0.356. The van der Waals surface area contributed by atoms with Crippen molar-refractivity contribution in [3.05, 3.63) is 34.9 Å². The van der Waals surface area contributed by atoms with Crippen LogP contribution in [0.25, 0.3) is 0 Å². The van der Waals surface area contributed by atoms with Crippen LogP contribution in [0.2, 0.25) is 0 Å². The summed E-state index contributed by atoms with van der Waals surface area (Å²) in [7, 11) is 4.74. The molecule has 0 aliphatic rings. The van der Waals surface area contributed by atoms with E-state index in [9.17, 15) is 39.6 Å². The molecule has 0 atom stereocenters. The zero-order valence-corrected chi connectivity index (χ0v) is 14.1. The zero-order chi connectivity index (χ0) is 21.3. The van der Waals surface area contributed by atoms with Crippen molar-refractivity contribution >= 4 is 31.8 Å². The summed E-state index contributed by atoms with van der Waals surface area (Å²) in [4.78, 5) is 12.1. The van der Waals surface area contributed by atoms with E-state index in [0.717, 1.165) is 12.1 Å². The number of ether oxygens (including phenoxy) is 1. The van der Waals surface area contributed by atoms with Gasteiger partial charge >= 0.3 is 23.9 Å². The fourth-order valence-electron chi connectivity index (χ4n) is 2.06. The van der Waals surface area contributed by atoms with Gasteiger partial charge in [0.15, 0.2) is 0 Å². The van der Waals surface area contributed by atoms with Crippen LogP contribution in [0.4, 0.5) is 26.3 Å². The Morgan fingerprint density at radius 3 is 1.93 bits per heavy atom. The smallest absolute Gasteiger partial charge is 0.435 e. The third kappa shape index (κ3) is 5.18. The van der Waals surface area contributed by atoms with Gasteiger partial charge in [-0.15, -0.1) is 0 Å². The van der Waals surface area contributed by atoms with Crippen LogP contribution in [0.5, 0.6) is 0 Å². The number of benzene rings is 1. The molecule has 27 heavy (non-hydrogen) atoms. The Balaban J connectivity index is 3.57. The van der Waals surface area contributed by atoms with Crippen LogP contribution in [-0.4, -0.2) is 58.3 Å². The second-order valence-electron chi connectivity index (χ2n) is 5.34. The highest BCUT2D eigenvalue weighted by Crippen LogP contribution is 2.47. The Labute approximate surface area is 152 Å². The van der Waals surface area contributed by atoms with Gasteiger partial charge in [0.05, 0.1) is 21.3 Å². The van der Waals surface area contributed by atoms with Gasteiger partial charge in [-0.25, -0.2) is 4.79 Å². The van der Waals surface area contributed by atoms with Gasteiger partial charge in [0.2, 0.25) is 0 Å². The molecule has 0 amide bonds. The van der Waals surface area contributed by atoms with Crippen LogP contribution in [0.15, 0.2) is 18.2 Å². The summed E-state index contributed by atoms with van der Waals surface area (Å²) >= 11 is 0. The number of rotatable bonds is 6. The Morgan fingerprint density at radius 2 is 1.56 bits per heavy atom. The van der Waals surface area contributed by atoms with Gasteiger partial charge < -0.3 is 4.74 Å². The molecule has 146 valence electrons. The summed E-state index contributed by atoms with van der Waals surface area (Å²) < 4.78 is 113. The topological polar surface area (TPSA) is 80.7 Å². The fraction of sp³-hybridized carbons (Fsp3) is 0.462. The van der Waals surface area contributed by atoms with E-state index in [1.54, 1.807) is 0 Å². The quantitative estimate of drug-likeness (QED) is 0.333. The first kappa shape index (κ1) is 23.3. The SMILES string of the molecule is [B]Cc1ccc(C[B])c(C(=O)OC(CS(=O)(=O)O)(C(F)(F)F)C(F)(F)F)c1. The van der Waals surface area contributed by atoms with Crippen LogP contribution in [0, 0.1) is 0 Å². The number of carbonyl (C=O) groups is 1. The van der Waals surface area contributed by atoms with E-state index in [2.05, 4.69) is 4.74 Å². The van der Waals surface area contributed by atoms with Crippen molar-refractivity contribution in [3.8, 4) is 0 Å². The molecule has 0 aromatic heterocycles. The van der Waals surface area contributed by atoms with Gasteiger partial charge in [0, 0.05) is 0 Å². The Hall–Kier alpha value is -1.69. The molecule has 0 bridgehead atoms. The third-order valence-corrected chi connectivity index (χ3v) is 4.19. The van der Waals surface area contributed by atoms with Crippen molar-refractivity contribution in [1.29, 1.82) is 0 Å². The fourth-order valence-corrected chi connectivity index (χ4v) is 2.96. The average Bonchev–Trinajstić information content (AvgIpc) is 2.49. The van der Waals surface area contributed by atoms with E-state index in [1.807, 2.05) is 0 Å². The minimum atomic E-state index is -6.41.